The average molecular weight is 278 g/mol. The van der Waals surface area contributed by atoms with Crippen LogP contribution < -0.4 is 5.32 Å². The molecule has 3 nitrogen and oxygen atoms in total. The van der Waals surface area contributed by atoms with Gasteiger partial charge in [0.05, 0.1) is 13.1 Å². The molecule has 1 aromatic heterocycles. The molecule has 3 heteroatoms. The van der Waals surface area contributed by atoms with Gasteiger partial charge in [-0.05, 0) is 57.7 Å². The van der Waals surface area contributed by atoms with Gasteiger partial charge in [0.1, 0.15) is 11.5 Å². The number of hydrogen-bond donors (Lipinski definition) is 1. The minimum Gasteiger partial charge on any atom is -0.463 e. The summed E-state index contributed by atoms with van der Waals surface area (Å²) in [7, 11) is 0. The number of rotatable bonds is 7. The van der Waals surface area contributed by atoms with Gasteiger partial charge in [-0.25, -0.2) is 0 Å². The fraction of sp³-hybridized carbons (Fsp3) is 0.765. The van der Waals surface area contributed by atoms with Crippen LogP contribution in [0.3, 0.4) is 0 Å². The highest BCUT2D eigenvalue weighted by Crippen LogP contribution is 2.28. The lowest BCUT2D eigenvalue weighted by molar-refractivity contribution is 0.174. The summed E-state index contributed by atoms with van der Waals surface area (Å²) in [6.07, 6.45) is 5.07. The maximum atomic E-state index is 6.06. The van der Waals surface area contributed by atoms with Crippen molar-refractivity contribution in [3.05, 3.63) is 23.2 Å². The van der Waals surface area contributed by atoms with Crippen LogP contribution >= 0.6 is 0 Å². The molecule has 2 heterocycles. The fourth-order valence-electron chi connectivity index (χ4n) is 3.25. The number of nitrogens with one attached hydrogen (secondary N) is 1. The van der Waals surface area contributed by atoms with Crippen molar-refractivity contribution < 1.29 is 4.42 Å². The van der Waals surface area contributed by atoms with E-state index in [-0.39, 0.29) is 0 Å². The third-order valence-electron chi connectivity index (χ3n) is 4.55. The number of furan rings is 1. The van der Waals surface area contributed by atoms with Crippen LogP contribution in [0.4, 0.5) is 0 Å². The van der Waals surface area contributed by atoms with Crippen LogP contribution in [0.5, 0.6) is 0 Å². The molecule has 0 aromatic carbocycles. The molecule has 2 atom stereocenters. The van der Waals surface area contributed by atoms with Gasteiger partial charge < -0.3 is 9.73 Å². The zero-order chi connectivity index (χ0) is 14.5. The highest BCUT2D eigenvalue weighted by atomic mass is 16.3. The molecule has 1 aliphatic heterocycles. The lowest BCUT2D eigenvalue weighted by Crippen LogP contribution is -2.33. The molecule has 0 radical (unpaired) electrons. The highest BCUT2D eigenvalue weighted by molar-refractivity contribution is 5.20. The molecule has 0 spiro atoms. The summed E-state index contributed by atoms with van der Waals surface area (Å²) in [6, 6.07) is 3.64. The van der Waals surface area contributed by atoms with E-state index in [1.807, 2.05) is 0 Å². The largest absolute Gasteiger partial charge is 0.463 e. The zero-order valence-electron chi connectivity index (χ0n) is 13.5. The zero-order valence-corrected chi connectivity index (χ0v) is 13.5. The lowest BCUT2D eigenvalue weighted by atomic mass is 10.1. The maximum Gasteiger partial charge on any atom is 0.120 e. The summed E-state index contributed by atoms with van der Waals surface area (Å²) in [5.41, 5.74) is 1.28. The molecule has 0 amide bonds. The van der Waals surface area contributed by atoms with Gasteiger partial charge in [0.25, 0.3) is 0 Å². The van der Waals surface area contributed by atoms with Gasteiger partial charge in [0.15, 0.2) is 0 Å². The van der Waals surface area contributed by atoms with E-state index in [0.29, 0.717) is 6.04 Å². The number of likely N-dealkylation sites (tertiary alicyclic amines) is 1. The smallest absolute Gasteiger partial charge is 0.120 e. The molecule has 20 heavy (non-hydrogen) atoms. The molecule has 1 saturated heterocycles. The first kappa shape index (κ1) is 15.6. The quantitative estimate of drug-likeness (QED) is 0.768. The number of aryl methyl sites for hydroxylation is 1. The van der Waals surface area contributed by atoms with E-state index >= 15 is 0 Å². The molecule has 1 aliphatic rings. The maximum absolute atomic E-state index is 6.06. The van der Waals surface area contributed by atoms with E-state index in [9.17, 15) is 0 Å². The van der Waals surface area contributed by atoms with E-state index < -0.39 is 0 Å². The summed E-state index contributed by atoms with van der Waals surface area (Å²) in [5, 5.41) is 3.42. The summed E-state index contributed by atoms with van der Waals surface area (Å²) < 4.78 is 6.06. The normalized spacial score (nSPS) is 23.6. The van der Waals surface area contributed by atoms with Crippen LogP contribution in [-0.4, -0.2) is 23.5 Å². The molecule has 2 rings (SSSR count). The van der Waals surface area contributed by atoms with Crippen LogP contribution in [-0.2, 0) is 13.1 Å². The Bertz CT molecular complexity index is 413. The highest BCUT2D eigenvalue weighted by Gasteiger charge is 2.29. The van der Waals surface area contributed by atoms with E-state index in [0.717, 1.165) is 43.6 Å². The standard InChI is InChI=1S/C17H30N2O/c1-5-9-18-11-17-13(3)10-16(20-17)12-19-14(4)7-8-15(19)6-2/h10,14-15,18H,5-9,11-12H2,1-4H3. The Labute approximate surface area is 123 Å². The van der Waals surface area contributed by atoms with Crippen molar-refractivity contribution in [3.63, 3.8) is 0 Å². The van der Waals surface area contributed by atoms with Crippen molar-refractivity contribution in [3.8, 4) is 0 Å². The number of hydrogen-bond acceptors (Lipinski definition) is 3. The molecule has 0 bridgehead atoms. The monoisotopic (exact) mass is 278 g/mol. The molecule has 0 saturated carbocycles. The van der Waals surface area contributed by atoms with Crippen LogP contribution in [0.1, 0.15) is 63.5 Å². The average Bonchev–Trinajstić information content (AvgIpc) is 2.95. The molecule has 0 aliphatic carbocycles. The summed E-state index contributed by atoms with van der Waals surface area (Å²) >= 11 is 0. The van der Waals surface area contributed by atoms with Crippen molar-refractivity contribution in [2.24, 2.45) is 0 Å². The predicted octanol–water partition coefficient (Wildman–Crippen LogP) is 3.85. The summed E-state index contributed by atoms with van der Waals surface area (Å²) in [5.74, 6) is 2.23. The van der Waals surface area contributed by atoms with Gasteiger partial charge in [-0.3, -0.25) is 4.90 Å². The third-order valence-corrected chi connectivity index (χ3v) is 4.55. The van der Waals surface area contributed by atoms with Gasteiger partial charge in [-0.1, -0.05) is 13.8 Å². The molecule has 1 fully saturated rings. The Morgan fingerprint density at radius 2 is 2.15 bits per heavy atom. The van der Waals surface area contributed by atoms with E-state index in [1.165, 1.54) is 24.8 Å². The van der Waals surface area contributed by atoms with Crippen LogP contribution in [0.15, 0.2) is 10.5 Å². The molecular weight excluding hydrogens is 248 g/mol. The van der Waals surface area contributed by atoms with Crippen molar-refractivity contribution in [1.82, 2.24) is 10.2 Å². The molecule has 114 valence electrons. The fourth-order valence-corrected chi connectivity index (χ4v) is 3.25. The van der Waals surface area contributed by atoms with E-state index in [4.69, 9.17) is 4.42 Å². The lowest BCUT2D eigenvalue weighted by Gasteiger charge is -2.26. The van der Waals surface area contributed by atoms with Gasteiger partial charge >= 0.3 is 0 Å². The Balaban J connectivity index is 1.97. The Morgan fingerprint density at radius 1 is 1.35 bits per heavy atom. The second kappa shape index (κ2) is 7.28. The first-order chi connectivity index (χ1) is 9.65. The van der Waals surface area contributed by atoms with Gasteiger partial charge in [-0.15, -0.1) is 0 Å². The van der Waals surface area contributed by atoms with Crippen molar-refractivity contribution in [1.29, 1.82) is 0 Å². The van der Waals surface area contributed by atoms with Gasteiger partial charge in [0, 0.05) is 12.1 Å². The SMILES string of the molecule is CCCNCc1oc(CN2C(C)CCC2CC)cc1C. The Kier molecular flexibility index (Phi) is 5.67. The topological polar surface area (TPSA) is 28.4 Å². The van der Waals surface area contributed by atoms with Crippen LogP contribution in [0.2, 0.25) is 0 Å². The number of nitrogens with zero attached hydrogens (tertiary/aromatic N) is 1. The molecule has 1 N–H and O–H groups in total. The second-order valence-electron chi connectivity index (χ2n) is 6.16. The third kappa shape index (κ3) is 3.64. The first-order valence-corrected chi connectivity index (χ1v) is 8.20. The summed E-state index contributed by atoms with van der Waals surface area (Å²) in [6.45, 7) is 11.9. The van der Waals surface area contributed by atoms with Gasteiger partial charge in [-0.2, -0.15) is 0 Å². The van der Waals surface area contributed by atoms with E-state index in [2.05, 4.69) is 44.0 Å². The van der Waals surface area contributed by atoms with Gasteiger partial charge in [0.2, 0.25) is 0 Å². The second-order valence-corrected chi connectivity index (χ2v) is 6.16. The summed E-state index contributed by atoms with van der Waals surface area (Å²) in [4.78, 5) is 2.61. The molecular formula is C17H30N2O. The Morgan fingerprint density at radius 3 is 2.85 bits per heavy atom. The predicted molar refractivity (Wildman–Crippen MR) is 83.8 cm³/mol. The van der Waals surface area contributed by atoms with Crippen molar-refractivity contribution >= 4 is 0 Å². The minimum atomic E-state index is 0.687. The van der Waals surface area contributed by atoms with Crippen LogP contribution in [0, 0.1) is 6.92 Å². The van der Waals surface area contributed by atoms with Crippen LogP contribution in [0.25, 0.3) is 0 Å². The first-order valence-electron chi connectivity index (χ1n) is 8.20. The molecule has 1 aromatic rings. The Hall–Kier alpha value is -0.800. The van der Waals surface area contributed by atoms with Crippen molar-refractivity contribution in [2.45, 2.75) is 78.6 Å². The minimum absolute atomic E-state index is 0.687. The molecule has 2 unspecified atom stereocenters. The van der Waals surface area contributed by atoms with Crippen molar-refractivity contribution in [2.75, 3.05) is 6.54 Å². The van der Waals surface area contributed by atoms with E-state index in [1.54, 1.807) is 0 Å².